The molecule has 0 aliphatic heterocycles. The van der Waals surface area contributed by atoms with Crippen molar-refractivity contribution in [1.82, 2.24) is 15.0 Å². The quantitative estimate of drug-likeness (QED) is 0.892. The fourth-order valence-electron chi connectivity index (χ4n) is 1.48. The summed E-state index contributed by atoms with van der Waals surface area (Å²) in [7, 11) is 1.48. The van der Waals surface area contributed by atoms with Gasteiger partial charge in [-0.2, -0.15) is 4.98 Å². The molecule has 2 rings (SSSR count). The molecular weight excluding hydrogens is 282 g/mol. The highest BCUT2D eigenvalue weighted by Crippen LogP contribution is 2.17. The molecule has 0 unspecified atom stereocenters. The molecule has 0 fully saturated rings. The first-order valence-electron chi connectivity index (χ1n) is 5.62. The number of nitrogens with one attached hydrogen (secondary N) is 1. The number of halogens is 1. The summed E-state index contributed by atoms with van der Waals surface area (Å²) >= 11 is 5.90. The van der Waals surface area contributed by atoms with Crippen LogP contribution in [-0.2, 0) is 0 Å². The molecule has 0 radical (unpaired) electrons. The van der Waals surface area contributed by atoms with Crippen LogP contribution < -0.4 is 15.8 Å². The van der Waals surface area contributed by atoms with Crippen LogP contribution >= 0.6 is 11.6 Å². The van der Waals surface area contributed by atoms with Gasteiger partial charge in [0.15, 0.2) is 0 Å². The van der Waals surface area contributed by atoms with Gasteiger partial charge in [0.1, 0.15) is 11.5 Å². The maximum Gasteiger partial charge on any atom is 0.278 e. The second-order valence-corrected chi connectivity index (χ2v) is 4.30. The third-order valence-corrected chi connectivity index (χ3v) is 2.65. The molecule has 7 nitrogen and oxygen atoms in total. The number of aromatic nitrogens is 3. The molecule has 104 valence electrons. The van der Waals surface area contributed by atoms with E-state index in [9.17, 15) is 4.79 Å². The molecule has 0 aliphatic carbocycles. The van der Waals surface area contributed by atoms with Crippen LogP contribution in [0, 0.1) is 6.92 Å². The normalized spacial score (nSPS) is 10.2. The fraction of sp³-hybridized carbons (Fsp3) is 0.167. The third kappa shape index (κ3) is 3.12. The van der Waals surface area contributed by atoms with Crippen molar-refractivity contribution < 1.29 is 9.53 Å². The van der Waals surface area contributed by atoms with Crippen LogP contribution in [0.3, 0.4) is 0 Å². The number of hydrogen-bond donors (Lipinski definition) is 2. The number of nitrogens with two attached hydrogens (primary N) is 1. The summed E-state index contributed by atoms with van der Waals surface area (Å²) < 4.78 is 5.00. The molecule has 2 aromatic heterocycles. The highest BCUT2D eigenvalue weighted by atomic mass is 35.5. The lowest BCUT2D eigenvalue weighted by atomic mass is 10.3. The summed E-state index contributed by atoms with van der Waals surface area (Å²) in [6.07, 6.45) is 0. The number of pyridine rings is 1. The first-order chi connectivity index (χ1) is 9.49. The van der Waals surface area contributed by atoms with Gasteiger partial charge in [0.05, 0.1) is 12.1 Å². The van der Waals surface area contributed by atoms with Gasteiger partial charge in [-0.25, -0.2) is 9.97 Å². The molecule has 0 saturated carbocycles. The van der Waals surface area contributed by atoms with Crippen LogP contribution in [0.15, 0.2) is 18.2 Å². The number of nitrogen functional groups attached to an aromatic ring is 1. The first-order valence-corrected chi connectivity index (χ1v) is 6.00. The van der Waals surface area contributed by atoms with Crippen molar-refractivity contribution >= 4 is 29.3 Å². The Morgan fingerprint density at radius 3 is 2.80 bits per heavy atom. The Hall–Kier alpha value is -2.41. The number of amides is 1. The number of ether oxygens (including phenoxy) is 1. The SMILES string of the molecule is COc1cc(C)nc(NC(=O)c2nc(N)ccc2Cl)n1. The lowest BCUT2D eigenvalue weighted by Gasteiger charge is -2.07. The summed E-state index contributed by atoms with van der Waals surface area (Å²) in [5, 5.41) is 2.69. The highest BCUT2D eigenvalue weighted by Gasteiger charge is 2.15. The molecule has 0 bridgehead atoms. The lowest BCUT2D eigenvalue weighted by Crippen LogP contribution is -2.17. The van der Waals surface area contributed by atoms with E-state index in [1.165, 1.54) is 19.2 Å². The van der Waals surface area contributed by atoms with Crippen LogP contribution in [0.1, 0.15) is 16.2 Å². The number of hydrogen-bond acceptors (Lipinski definition) is 6. The zero-order valence-corrected chi connectivity index (χ0v) is 11.6. The Morgan fingerprint density at radius 1 is 1.35 bits per heavy atom. The smallest absolute Gasteiger partial charge is 0.278 e. The number of anilines is 2. The summed E-state index contributed by atoms with van der Waals surface area (Å²) in [4.78, 5) is 24.0. The van der Waals surface area contributed by atoms with E-state index in [0.29, 0.717) is 11.6 Å². The van der Waals surface area contributed by atoms with E-state index in [0.717, 1.165) is 0 Å². The number of nitrogens with zero attached hydrogens (tertiary/aromatic N) is 3. The minimum atomic E-state index is -0.546. The zero-order chi connectivity index (χ0) is 14.7. The highest BCUT2D eigenvalue weighted by molar-refractivity contribution is 6.34. The van der Waals surface area contributed by atoms with Crippen LogP contribution in [0.25, 0.3) is 0 Å². The van der Waals surface area contributed by atoms with Crippen LogP contribution in [-0.4, -0.2) is 28.0 Å². The summed E-state index contributed by atoms with van der Waals surface area (Å²) in [6.45, 7) is 1.76. The molecule has 0 spiro atoms. The van der Waals surface area contributed by atoms with E-state index in [2.05, 4.69) is 20.3 Å². The first kappa shape index (κ1) is 14.0. The second kappa shape index (κ2) is 5.70. The fourth-order valence-corrected chi connectivity index (χ4v) is 1.67. The average molecular weight is 294 g/mol. The van der Waals surface area contributed by atoms with Crippen LogP contribution in [0.4, 0.5) is 11.8 Å². The Balaban J connectivity index is 2.27. The number of methoxy groups -OCH3 is 1. The van der Waals surface area contributed by atoms with Crippen molar-refractivity contribution in [3.05, 3.63) is 34.6 Å². The molecule has 20 heavy (non-hydrogen) atoms. The van der Waals surface area contributed by atoms with Crippen molar-refractivity contribution in [2.75, 3.05) is 18.2 Å². The van der Waals surface area contributed by atoms with E-state index in [1.807, 2.05) is 0 Å². The van der Waals surface area contributed by atoms with Gasteiger partial charge < -0.3 is 10.5 Å². The van der Waals surface area contributed by atoms with Crippen molar-refractivity contribution in [2.24, 2.45) is 0 Å². The van der Waals surface area contributed by atoms with Gasteiger partial charge in [-0.1, -0.05) is 11.6 Å². The molecule has 2 aromatic rings. The van der Waals surface area contributed by atoms with Gasteiger partial charge in [0.2, 0.25) is 11.8 Å². The zero-order valence-electron chi connectivity index (χ0n) is 10.8. The Kier molecular flexibility index (Phi) is 3.99. The van der Waals surface area contributed by atoms with Gasteiger partial charge in [0, 0.05) is 11.8 Å². The number of rotatable bonds is 3. The molecule has 3 N–H and O–H groups in total. The third-order valence-electron chi connectivity index (χ3n) is 2.35. The summed E-state index contributed by atoms with van der Waals surface area (Å²) in [6, 6.07) is 4.64. The molecule has 1 amide bonds. The summed E-state index contributed by atoms with van der Waals surface area (Å²) in [5.41, 5.74) is 6.19. The van der Waals surface area contributed by atoms with E-state index >= 15 is 0 Å². The van der Waals surface area contributed by atoms with Gasteiger partial charge in [-0.15, -0.1) is 0 Å². The van der Waals surface area contributed by atoms with Crippen LogP contribution in [0.5, 0.6) is 5.88 Å². The molecule has 0 aromatic carbocycles. The maximum absolute atomic E-state index is 12.1. The lowest BCUT2D eigenvalue weighted by molar-refractivity contribution is 0.102. The second-order valence-electron chi connectivity index (χ2n) is 3.90. The standard InChI is InChI=1S/C12H12ClN5O2/c1-6-5-9(20-2)17-12(15-6)18-11(19)10-7(13)3-4-8(14)16-10/h3-5H,1-2H3,(H2,14,16)(H,15,17,18,19). The molecule has 0 saturated heterocycles. The Labute approximate surface area is 120 Å². The van der Waals surface area contributed by atoms with Crippen LogP contribution in [0.2, 0.25) is 5.02 Å². The monoisotopic (exact) mass is 293 g/mol. The predicted octanol–water partition coefficient (Wildman–Crippen LogP) is 1.68. The van der Waals surface area contributed by atoms with Gasteiger partial charge in [-0.05, 0) is 19.1 Å². The molecular formula is C12H12ClN5O2. The van der Waals surface area contributed by atoms with Crippen molar-refractivity contribution in [1.29, 1.82) is 0 Å². The van der Waals surface area contributed by atoms with Crippen molar-refractivity contribution in [3.63, 3.8) is 0 Å². The van der Waals surface area contributed by atoms with E-state index in [4.69, 9.17) is 22.1 Å². The summed E-state index contributed by atoms with van der Waals surface area (Å²) in [5.74, 6) is 0.101. The Morgan fingerprint density at radius 2 is 2.10 bits per heavy atom. The predicted molar refractivity (Wildman–Crippen MR) is 74.9 cm³/mol. The van der Waals surface area contributed by atoms with E-state index in [-0.39, 0.29) is 22.5 Å². The maximum atomic E-state index is 12.1. The minimum Gasteiger partial charge on any atom is -0.481 e. The molecule has 8 heteroatoms. The van der Waals surface area contributed by atoms with Crippen molar-refractivity contribution in [2.45, 2.75) is 6.92 Å². The number of carbonyl (C=O) groups excluding carboxylic acids is 1. The Bertz CT molecular complexity index is 662. The molecule has 2 heterocycles. The van der Waals surface area contributed by atoms with E-state index in [1.54, 1.807) is 13.0 Å². The number of aryl methyl sites for hydroxylation is 1. The van der Waals surface area contributed by atoms with E-state index < -0.39 is 5.91 Å². The molecule has 0 aliphatic rings. The largest absolute Gasteiger partial charge is 0.481 e. The van der Waals surface area contributed by atoms with Gasteiger partial charge in [0.25, 0.3) is 5.91 Å². The number of carbonyl (C=O) groups is 1. The minimum absolute atomic E-state index is 0.00994. The van der Waals surface area contributed by atoms with Gasteiger partial charge in [-0.3, -0.25) is 10.1 Å². The van der Waals surface area contributed by atoms with Gasteiger partial charge >= 0.3 is 0 Å². The average Bonchev–Trinajstić information content (AvgIpc) is 2.40. The van der Waals surface area contributed by atoms with Crippen molar-refractivity contribution in [3.8, 4) is 5.88 Å². The topological polar surface area (TPSA) is 103 Å². The molecule has 0 atom stereocenters.